The van der Waals surface area contributed by atoms with Gasteiger partial charge in [-0.1, -0.05) is 12.1 Å². The van der Waals surface area contributed by atoms with Crippen molar-refractivity contribution in [3.05, 3.63) is 48.0 Å². The minimum Gasteiger partial charge on any atom is -0.495 e. The molecule has 0 saturated heterocycles. The molecule has 0 atom stereocenters. The summed E-state index contributed by atoms with van der Waals surface area (Å²) in [5.74, 6) is 0.0674. The number of carbonyl (C=O) groups is 2. The monoisotopic (exact) mass is 368 g/mol. The smallest absolute Gasteiger partial charge is 0.258 e. The van der Waals surface area contributed by atoms with Crippen LogP contribution in [0.2, 0.25) is 0 Å². The topological polar surface area (TPSA) is 79.1 Å². The van der Waals surface area contributed by atoms with Crippen LogP contribution in [0.4, 0.5) is 17.1 Å². The van der Waals surface area contributed by atoms with Gasteiger partial charge in [-0.2, -0.15) is 0 Å². The summed E-state index contributed by atoms with van der Waals surface area (Å²) in [6.07, 6.45) is 0. The molecule has 0 fully saturated rings. The molecular weight excluding hydrogens is 344 g/mol. The highest BCUT2D eigenvalue weighted by Gasteiger charge is 2.32. The highest BCUT2D eigenvalue weighted by molar-refractivity contribution is 6.16. The van der Waals surface area contributed by atoms with Gasteiger partial charge in [-0.25, -0.2) is 0 Å². The van der Waals surface area contributed by atoms with E-state index in [1.165, 1.54) is 12.0 Å². The van der Waals surface area contributed by atoms with Crippen molar-refractivity contribution in [2.24, 2.45) is 0 Å². The van der Waals surface area contributed by atoms with Crippen molar-refractivity contribution in [1.82, 2.24) is 4.90 Å². The molecule has 3 rings (SSSR count). The summed E-state index contributed by atoms with van der Waals surface area (Å²) in [7, 11) is 5.43. The van der Waals surface area contributed by atoms with Crippen LogP contribution in [0.1, 0.15) is 10.4 Å². The number of fused-ring (bicyclic) bond motifs is 1. The Morgan fingerprint density at radius 3 is 2.56 bits per heavy atom. The van der Waals surface area contributed by atoms with E-state index in [1.807, 2.05) is 43.3 Å². The molecule has 0 spiro atoms. The molecule has 0 unspecified atom stereocenters. The second-order valence-electron chi connectivity index (χ2n) is 6.69. The van der Waals surface area contributed by atoms with E-state index < -0.39 is 0 Å². The fourth-order valence-electron chi connectivity index (χ4n) is 3.09. The fraction of sp³-hybridized carbons (Fsp3) is 0.300. The van der Waals surface area contributed by atoms with Crippen molar-refractivity contribution in [2.45, 2.75) is 0 Å². The van der Waals surface area contributed by atoms with Gasteiger partial charge in [0.15, 0.2) is 0 Å². The molecule has 0 radical (unpaired) electrons. The first-order valence-electron chi connectivity index (χ1n) is 8.72. The third kappa shape index (κ3) is 3.73. The summed E-state index contributed by atoms with van der Waals surface area (Å²) in [5.41, 5.74) is 8.18. The molecule has 0 bridgehead atoms. The molecule has 142 valence electrons. The highest BCUT2D eigenvalue weighted by atomic mass is 16.5. The number of nitrogens with zero attached hydrogens (tertiary/aromatic N) is 3. The van der Waals surface area contributed by atoms with Crippen molar-refractivity contribution in [1.29, 1.82) is 0 Å². The standard InChI is InChI=1S/C20H24N4O3/c1-22(2)10-11-23-16-6-4-5-7-17(16)24(13-19(23)25)20(26)14-8-9-15(21)18(12-14)27-3/h4-9,12H,10-11,13,21H2,1-3H3. The molecule has 2 amide bonds. The zero-order chi connectivity index (χ0) is 19.6. The largest absolute Gasteiger partial charge is 0.495 e. The van der Waals surface area contributed by atoms with E-state index in [0.29, 0.717) is 23.5 Å². The van der Waals surface area contributed by atoms with Gasteiger partial charge in [0.2, 0.25) is 5.91 Å². The van der Waals surface area contributed by atoms with Crippen LogP contribution < -0.4 is 20.3 Å². The summed E-state index contributed by atoms with van der Waals surface area (Å²) in [4.78, 5) is 31.1. The van der Waals surface area contributed by atoms with Gasteiger partial charge in [-0.05, 0) is 44.4 Å². The predicted molar refractivity (Wildman–Crippen MR) is 106 cm³/mol. The number of carbonyl (C=O) groups excluding carboxylic acids is 2. The molecular formula is C20H24N4O3. The lowest BCUT2D eigenvalue weighted by molar-refractivity contribution is -0.117. The number of benzene rings is 2. The molecule has 27 heavy (non-hydrogen) atoms. The lowest BCUT2D eigenvalue weighted by Crippen LogP contribution is -2.49. The lowest BCUT2D eigenvalue weighted by atomic mass is 10.1. The Hall–Kier alpha value is -3.06. The van der Waals surface area contributed by atoms with Crippen molar-refractivity contribution < 1.29 is 14.3 Å². The van der Waals surface area contributed by atoms with E-state index in [1.54, 1.807) is 23.1 Å². The molecule has 7 nitrogen and oxygen atoms in total. The number of anilines is 3. The van der Waals surface area contributed by atoms with Gasteiger partial charge in [0.1, 0.15) is 12.3 Å². The van der Waals surface area contributed by atoms with Gasteiger partial charge in [-0.3, -0.25) is 14.5 Å². The minimum absolute atomic E-state index is 0.00400. The maximum atomic E-state index is 13.1. The van der Waals surface area contributed by atoms with Gasteiger partial charge in [0.25, 0.3) is 5.91 Å². The van der Waals surface area contributed by atoms with Crippen LogP contribution in [0, 0.1) is 0 Å². The number of likely N-dealkylation sites (N-methyl/N-ethyl adjacent to an activating group) is 1. The Bertz CT molecular complexity index is 866. The van der Waals surface area contributed by atoms with Crippen LogP contribution in [-0.4, -0.2) is 57.6 Å². The van der Waals surface area contributed by atoms with E-state index in [-0.39, 0.29) is 18.4 Å². The highest BCUT2D eigenvalue weighted by Crippen LogP contribution is 2.34. The van der Waals surface area contributed by atoms with Crippen molar-refractivity contribution in [3.63, 3.8) is 0 Å². The quantitative estimate of drug-likeness (QED) is 0.815. The second kappa shape index (κ2) is 7.67. The number of rotatable bonds is 5. The molecule has 7 heteroatoms. The fourth-order valence-corrected chi connectivity index (χ4v) is 3.09. The summed E-state index contributed by atoms with van der Waals surface area (Å²) < 4.78 is 5.21. The maximum absolute atomic E-state index is 13.1. The summed E-state index contributed by atoms with van der Waals surface area (Å²) in [5, 5.41) is 0. The van der Waals surface area contributed by atoms with E-state index in [0.717, 1.165) is 17.9 Å². The average molecular weight is 368 g/mol. The van der Waals surface area contributed by atoms with Crippen LogP contribution in [0.25, 0.3) is 0 Å². The first-order chi connectivity index (χ1) is 12.9. The van der Waals surface area contributed by atoms with Gasteiger partial charge >= 0.3 is 0 Å². The zero-order valence-corrected chi connectivity index (χ0v) is 15.8. The maximum Gasteiger partial charge on any atom is 0.258 e. The number of hydrogen-bond acceptors (Lipinski definition) is 5. The molecule has 1 aliphatic heterocycles. The second-order valence-corrected chi connectivity index (χ2v) is 6.69. The van der Waals surface area contributed by atoms with Crippen LogP contribution in [-0.2, 0) is 4.79 Å². The predicted octanol–water partition coefficient (Wildman–Crippen LogP) is 1.83. The molecule has 2 N–H and O–H groups in total. The Morgan fingerprint density at radius 1 is 1.19 bits per heavy atom. The normalized spacial score (nSPS) is 13.7. The van der Waals surface area contributed by atoms with E-state index in [9.17, 15) is 9.59 Å². The average Bonchev–Trinajstić information content (AvgIpc) is 2.66. The number of methoxy groups -OCH3 is 1. The molecule has 2 aromatic rings. The van der Waals surface area contributed by atoms with E-state index >= 15 is 0 Å². The SMILES string of the molecule is COc1cc(C(=O)N2CC(=O)N(CCN(C)C)c3ccccc32)ccc1N. The van der Waals surface area contributed by atoms with Crippen LogP contribution in [0.15, 0.2) is 42.5 Å². The number of nitrogens with two attached hydrogens (primary N) is 1. The van der Waals surface area contributed by atoms with Crippen LogP contribution in [0.3, 0.4) is 0 Å². The summed E-state index contributed by atoms with van der Waals surface area (Å²) in [6.45, 7) is 1.31. The Labute approximate surface area is 158 Å². The Morgan fingerprint density at radius 2 is 1.89 bits per heavy atom. The third-order valence-corrected chi connectivity index (χ3v) is 4.55. The molecule has 1 heterocycles. The molecule has 2 aromatic carbocycles. The molecule has 0 saturated carbocycles. The summed E-state index contributed by atoms with van der Waals surface area (Å²) >= 11 is 0. The van der Waals surface area contributed by atoms with Gasteiger partial charge < -0.3 is 20.3 Å². The van der Waals surface area contributed by atoms with E-state index in [4.69, 9.17) is 10.5 Å². The van der Waals surface area contributed by atoms with Crippen molar-refractivity contribution >= 4 is 28.9 Å². The third-order valence-electron chi connectivity index (χ3n) is 4.55. The summed E-state index contributed by atoms with van der Waals surface area (Å²) in [6, 6.07) is 12.3. The molecule has 0 aliphatic carbocycles. The van der Waals surface area contributed by atoms with Gasteiger partial charge in [-0.15, -0.1) is 0 Å². The van der Waals surface area contributed by atoms with Crippen molar-refractivity contribution in [2.75, 3.05) is 56.4 Å². The molecule has 0 aromatic heterocycles. The van der Waals surface area contributed by atoms with Crippen molar-refractivity contribution in [3.8, 4) is 5.75 Å². The number of hydrogen-bond donors (Lipinski definition) is 1. The van der Waals surface area contributed by atoms with Crippen LogP contribution >= 0.6 is 0 Å². The van der Waals surface area contributed by atoms with Gasteiger partial charge in [0, 0.05) is 18.7 Å². The minimum atomic E-state index is -0.263. The zero-order valence-electron chi connectivity index (χ0n) is 15.8. The Balaban J connectivity index is 1.95. The first-order valence-corrected chi connectivity index (χ1v) is 8.72. The Kier molecular flexibility index (Phi) is 5.32. The number of para-hydroxylation sites is 2. The first kappa shape index (κ1) is 18.7. The lowest BCUT2D eigenvalue weighted by Gasteiger charge is -2.36. The van der Waals surface area contributed by atoms with Gasteiger partial charge in [0.05, 0.1) is 24.2 Å². The van der Waals surface area contributed by atoms with Crippen LogP contribution in [0.5, 0.6) is 5.75 Å². The molecule has 1 aliphatic rings. The number of amides is 2. The van der Waals surface area contributed by atoms with E-state index in [2.05, 4.69) is 0 Å². The number of ether oxygens (including phenoxy) is 1. The number of nitrogen functional groups attached to an aromatic ring is 1.